The van der Waals surface area contributed by atoms with Crippen molar-refractivity contribution in [3.8, 4) is 11.5 Å². The minimum absolute atomic E-state index is 0.844. The molecule has 0 fully saturated rings. The summed E-state index contributed by atoms with van der Waals surface area (Å²) in [5.41, 5.74) is 13.8. The lowest BCUT2D eigenvalue weighted by Gasteiger charge is -2.11. The molecule has 54 heavy (non-hydrogen) atoms. The Hall–Kier alpha value is -6.90. The Morgan fingerprint density at radius 2 is 0.630 bits per heavy atom. The van der Waals surface area contributed by atoms with Crippen molar-refractivity contribution in [3.63, 3.8) is 0 Å². The molecule has 0 aromatic heterocycles. The molecule has 0 saturated carbocycles. The van der Waals surface area contributed by atoms with Crippen LogP contribution in [0.5, 0.6) is 11.5 Å². The quantitative estimate of drug-likeness (QED) is 0.118. The zero-order valence-corrected chi connectivity index (χ0v) is 30.6. The Balaban J connectivity index is 1.12. The number of hydrogen-bond donors (Lipinski definition) is 0. The summed E-state index contributed by atoms with van der Waals surface area (Å²) >= 11 is 0. The minimum Gasteiger partial charge on any atom is -0.497 e. The highest BCUT2D eigenvalue weighted by Crippen LogP contribution is 2.31. The van der Waals surface area contributed by atoms with Crippen LogP contribution in [0.1, 0.15) is 55.6 Å². The largest absolute Gasteiger partial charge is 0.497 e. The van der Waals surface area contributed by atoms with Crippen LogP contribution < -0.4 is 9.47 Å². The highest BCUT2D eigenvalue weighted by molar-refractivity contribution is 5.94. The first-order valence-electron chi connectivity index (χ1n) is 18.1. The molecule has 0 saturated heterocycles. The van der Waals surface area contributed by atoms with Gasteiger partial charge in [-0.2, -0.15) is 0 Å². The summed E-state index contributed by atoms with van der Waals surface area (Å²) in [6, 6.07) is 63.3. The average Bonchev–Trinajstić information content (AvgIpc) is 3.25. The van der Waals surface area contributed by atoms with Crippen molar-refractivity contribution in [1.82, 2.24) is 0 Å². The van der Waals surface area contributed by atoms with Gasteiger partial charge < -0.3 is 9.47 Å². The third-order valence-corrected chi connectivity index (χ3v) is 9.41. The molecule has 7 rings (SSSR count). The molecule has 7 aromatic rings. The minimum atomic E-state index is 0.844. The number of hydrogen-bond acceptors (Lipinski definition) is 2. The summed E-state index contributed by atoms with van der Waals surface area (Å²) in [6.45, 7) is 0. The van der Waals surface area contributed by atoms with E-state index in [-0.39, 0.29) is 0 Å². The standard InChI is InChI=1S/C52H42O2/c1-53-49-33-29-45(30-34-49)51(43-15-5-3-6-16-43)37-47-19-11-9-13-41(47)27-25-39-21-23-40(24-22-39)26-28-42-14-10-12-20-48(42)38-52(44-17-7-4-8-18-44)46-31-35-50(54-2)36-32-46/h3-38H,1-2H3. The van der Waals surface area contributed by atoms with E-state index in [0.717, 1.165) is 78.3 Å². The number of rotatable bonds is 12. The van der Waals surface area contributed by atoms with Gasteiger partial charge in [0.25, 0.3) is 0 Å². The predicted molar refractivity (Wildman–Crippen MR) is 230 cm³/mol. The molecule has 0 heterocycles. The predicted octanol–water partition coefficient (Wildman–Crippen LogP) is 13.2. The first-order valence-corrected chi connectivity index (χ1v) is 18.1. The monoisotopic (exact) mass is 698 g/mol. The van der Waals surface area contributed by atoms with Crippen molar-refractivity contribution in [1.29, 1.82) is 0 Å². The van der Waals surface area contributed by atoms with Crippen LogP contribution in [-0.2, 0) is 0 Å². The average molecular weight is 699 g/mol. The Morgan fingerprint density at radius 3 is 0.981 bits per heavy atom. The van der Waals surface area contributed by atoms with Gasteiger partial charge >= 0.3 is 0 Å². The number of ether oxygens (including phenoxy) is 2. The van der Waals surface area contributed by atoms with Gasteiger partial charge in [-0.1, -0.05) is 182 Å². The number of methoxy groups -OCH3 is 2. The van der Waals surface area contributed by atoms with E-state index in [9.17, 15) is 0 Å². The van der Waals surface area contributed by atoms with Crippen LogP contribution in [0.4, 0.5) is 0 Å². The van der Waals surface area contributed by atoms with Gasteiger partial charge in [0.15, 0.2) is 0 Å². The fourth-order valence-corrected chi connectivity index (χ4v) is 6.43. The van der Waals surface area contributed by atoms with E-state index in [4.69, 9.17) is 9.47 Å². The topological polar surface area (TPSA) is 18.5 Å². The van der Waals surface area contributed by atoms with Crippen LogP contribution >= 0.6 is 0 Å². The maximum Gasteiger partial charge on any atom is 0.118 e. The van der Waals surface area contributed by atoms with E-state index < -0.39 is 0 Å². The molecule has 0 amide bonds. The summed E-state index contributed by atoms with van der Waals surface area (Å²) in [6.07, 6.45) is 13.3. The lowest BCUT2D eigenvalue weighted by atomic mass is 9.94. The van der Waals surface area contributed by atoms with Gasteiger partial charge in [-0.25, -0.2) is 0 Å². The van der Waals surface area contributed by atoms with Crippen molar-refractivity contribution < 1.29 is 9.47 Å². The second kappa shape index (κ2) is 17.5. The summed E-state index contributed by atoms with van der Waals surface area (Å²) in [4.78, 5) is 0. The van der Waals surface area contributed by atoms with E-state index >= 15 is 0 Å². The number of benzene rings is 7. The van der Waals surface area contributed by atoms with Crippen LogP contribution in [0, 0.1) is 0 Å². The Morgan fingerprint density at radius 1 is 0.315 bits per heavy atom. The van der Waals surface area contributed by atoms with Gasteiger partial charge in [0.2, 0.25) is 0 Å². The molecule has 0 spiro atoms. The normalized spacial score (nSPS) is 12.0. The summed E-state index contributed by atoms with van der Waals surface area (Å²) in [5, 5.41) is 0. The van der Waals surface area contributed by atoms with Crippen LogP contribution in [-0.4, -0.2) is 14.2 Å². The first-order chi connectivity index (χ1) is 26.7. The van der Waals surface area contributed by atoms with Crippen molar-refractivity contribution in [2.75, 3.05) is 14.2 Å². The lowest BCUT2D eigenvalue weighted by molar-refractivity contribution is 0.414. The first kappa shape index (κ1) is 35.5. The fourth-order valence-electron chi connectivity index (χ4n) is 6.43. The lowest BCUT2D eigenvalue weighted by Crippen LogP contribution is -1.90. The molecule has 0 atom stereocenters. The third-order valence-electron chi connectivity index (χ3n) is 9.41. The van der Waals surface area contributed by atoms with Crippen molar-refractivity contribution in [2.24, 2.45) is 0 Å². The van der Waals surface area contributed by atoms with Crippen LogP contribution in [0.25, 0.3) is 47.6 Å². The van der Waals surface area contributed by atoms with Crippen molar-refractivity contribution >= 4 is 47.6 Å². The second-order valence-electron chi connectivity index (χ2n) is 12.9. The van der Waals surface area contributed by atoms with Crippen LogP contribution in [0.3, 0.4) is 0 Å². The molecular weight excluding hydrogens is 657 g/mol. The van der Waals surface area contributed by atoms with E-state index in [2.05, 4.69) is 194 Å². The van der Waals surface area contributed by atoms with E-state index in [1.54, 1.807) is 14.2 Å². The molecule has 7 aromatic carbocycles. The van der Waals surface area contributed by atoms with E-state index in [1.807, 2.05) is 24.3 Å². The molecule has 0 bridgehead atoms. The second-order valence-corrected chi connectivity index (χ2v) is 12.9. The van der Waals surface area contributed by atoms with Gasteiger partial charge in [-0.15, -0.1) is 0 Å². The van der Waals surface area contributed by atoms with E-state index in [0.29, 0.717) is 0 Å². The Labute approximate surface area is 319 Å². The third kappa shape index (κ3) is 8.93. The molecule has 0 aliphatic carbocycles. The maximum absolute atomic E-state index is 5.42. The van der Waals surface area contributed by atoms with Gasteiger partial charge in [0.05, 0.1) is 14.2 Å². The van der Waals surface area contributed by atoms with Gasteiger partial charge in [0.1, 0.15) is 11.5 Å². The molecule has 0 aliphatic rings. The molecule has 262 valence electrons. The fraction of sp³-hybridized carbons (Fsp3) is 0.0385. The van der Waals surface area contributed by atoms with Gasteiger partial charge in [-0.05, 0) is 103 Å². The SMILES string of the molecule is COc1ccc(C(=Cc2ccccc2C=Cc2ccc(C=Cc3ccccc3C=C(c3ccccc3)c3ccc(OC)cc3)cc2)c2ccccc2)cc1. The van der Waals surface area contributed by atoms with E-state index in [1.165, 1.54) is 0 Å². The Kier molecular flexibility index (Phi) is 11.5. The molecule has 0 N–H and O–H groups in total. The molecule has 0 radical (unpaired) electrons. The molecule has 0 aliphatic heterocycles. The van der Waals surface area contributed by atoms with Crippen LogP contribution in [0.15, 0.2) is 182 Å². The zero-order valence-electron chi connectivity index (χ0n) is 30.6. The van der Waals surface area contributed by atoms with Crippen molar-refractivity contribution in [2.45, 2.75) is 0 Å². The zero-order chi connectivity index (χ0) is 37.0. The summed E-state index contributed by atoms with van der Waals surface area (Å²) in [5.74, 6) is 1.69. The van der Waals surface area contributed by atoms with Gasteiger partial charge in [0, 0.05) is 0 Å². The van der Waals surface area contributed by atoms with Gasteiger partial charge in [-0.3, -0.25) is 0 Å². The van der Waals surface area contributed by atoms with Crippen LogP contribution in [0.2, 0.25) is 0 Å². The smallest absolute Gasteiger partial charge is 0.118 e. The molecule has 2 nitrogen and oxygen atoms in total. The highest BCUT2D eigenvalue weighted by Gasteiger charge is 2.09. The Bertz CT molecular complexity index is 2220. The summed E-state index contributed by atoms with van der Waals surface area (Å²) < 4.78 is 10.8. The summed E-state index contributed by atoms with van der Waals surface area (Å²) in [7, 11) is 3.39. The van der Waals surface area contributed by atoms with Crippen molar-refractivity contribution in [3.05, 3.63) is 238 Å². The highest BCUT2D eigenvalue weighted by atomic mass is 16.5. The molecular formula is C52H42O2. The maximum atomic E-state index is 5.42. The molecule has 2 heteroatoms. The molecule has 0 unspecified atom stereocenters.